The van der Waals surface area contributed by atoms with E-state index >= 15 is 0 Å². The fraction of sp³-hybridized carbons (Fsp3) is 0.625. The zero-order valence-electron chi connectivity index (χ0n) is 13.5. The Kier molecular flexibility index (Phi) is 6.32. The van der Waals surface area contributed by atoms with E-state index < -0.39 is 17.8 Å². The SMILES string of the molecule is N#C/C(=C/NC(=O)C1CCNCC1)C(=O)N1CCC(C(=O)O)CC1. The van der Waals surface area contributed by atoms with Crippen LogP contribution in [0.1, 0.15) is 25.7 Å². The molecule has 0 aromatic carbocycles. The van der Waals surface area contributed by atoms with Gasteiger partial charge in [0.2, 0.25) is 5.91 Å². The molecule has 0 aromatic rings. The number of nitrogens with one attached hydrogen (secondary N) is 2. The Balaban J connectivity index is 1.90. The summed E-state index contributed by atoms with van der Waals surface area (Å²) in [5.41, 5.74) is -0.133. The zero-order valence-corrected chi connectivity index (χ0v) is 13.5. The van der Waals surface area contributed by atoms with E-state index in [0.29, 0.717) is 25.9 Å². The van der Waals surface area contributed by atoms with Crippen molar-refractivity contribution in [3.63, 3.8) is 0 Å². The Morgan fingerprint density at radius 2 is 1.75 bits per heavy atom. The summed E-state index contributed by atoms with van der Waals surface area (Å²) in [6.45, 7) is 2.17. The molecule has 2 amide bonds. The van der Waals surface area contributed by atoms with Gasteiger partial charge in [-0.1, -0.05) is 0 Å². The Bertz CT molecular complexity index is 567. The van der Waals surface area contributed by atoms with Gasteiger partial charge in [0, 0.05) is 25.2 Å². The van der Waals surface area contributed by atoms with Crippen LogP contribution < -0.4 is 10.6 Å². The van der Waals surface area contributed by atoms with Crippen LogP contribution in [0.25, 0.3) is 0 Å². The van der Waals surface area contributed by atoms with Gasteiger partial charge in [0.25, 0.3) is 5.91 Å². The number of carboxylic acid groups (broad SMARTS) is 1. The maximum absolute atomic E-state index is 12.3. The Labute approximate surface area is 140 Å². The predicted molar refractivity (Wildman–Crippen MR) is 84.4 cm³/mol. The van der Waals surface area contributed by atoms with Crippen molar-refractivity contribution in [1.29, 1.82) is 5.26 Å². The third kappa shape index (κ3) is 4.55. The van der Waals surface area contributed by atoms with Crippen molar-refractivity contribution >= 4 is 17.8 Å². The largest absolute Gasteiger partial charge is 0.481 e. The van der Waals surface area contributed by atoms with E-state index in [-0.39, 0.29) is 17.4 Å². The van der Waals surface area contributed by atoms with E-state index in [2.05, 4.69) is 10.6 Å². The number of hydrogen-bond donors (Lipinski definition) is 3. The Morgan fingerprint density at radius 1 is 1.12 bits per heavy atom. The number of amides is 2. The molecule has 2 rings (SSSR count). The highest BCUT2D eigenvalue weighted by Gasteiger charge is 2.28. The molecule has 2 aliphatic rings. The highest BCUT2D eigenvalue weighted by Crippen LogP contribution is 2.18. The van der Waals surface area contributed by atoms with Gasteiger partial charge in [-0.25, -0.2) is 0 Å². The molecule has 8 heteroatoms. The van der Waals surface area contributed by atoms with Gasteiger partial charge in [-0.15, -0.1) is 0 Å². The van der Waals surface area contributed by atoms with Crippen LogP contribution in [0.5, 0.6) is 0 Å². The quantitative estimate of drug-likeness (QED) is 0.485. The standard InChI is InChI=1S/C16H22N4O4/c17-9-13(10-19-14(21)11-1-5-18-6-2-11)15(22)20-7-3-12(4-8-20)16(23)24/h10-12,18H,1-8H2,(H,19,21)(H,23,24)/b13-10-. The molecule has 0 radical (unpaired) electrons. The lowest BCUT2D eigenvalue weighted by molar-refractivity contribution is -0.145. The van der Waals surface area contributed by atoms with Crippen LogP contribution in [0.4, 0.5) is 0 Å². The molecule has 0 aromatic heterocycles. The maximum atomic E-state index is 12.3. The average Bonchev–Trinajstić information content (AvgIpc) is 2.62. The number of nitriles is 1. The molecule has 0 spiro atoms. The molecule has 2 heterocycles. The number of carbonyl (C=O) groups excluding carboxylic acids is 2. The number of piperidine rings is 2. The molecule has 8 nitrogen and oxygen atoms in total. The predicted octanol–water partition coefficient (Wildman–Crippen LogP) is -0.167. The van der Waals surface area contributed by atoms with E-state index in [4.69, 9.17) is 10.4 Å². The van der Waals surface area contributed by atoms with Crippen molar-refractivity contribution in [2.75, 3.05) is 26.2 Å². The van der Waals surface area contributed by atoms with E-state index in [0.717, 1.165) is 25.9 Å². The van der Waals surface area contributed by atoms with E-state index in [1.807, 2.05) is 6.07 Å². The van der Waals surface area contributed by atoms with Gasteiger partial charge in [-0.2, -0.15) is 5.26 Å². The number of nitrogens with zero attached hydrogens (tertiary/aromatic N) is 2. The fourth-order valence-electron chi connectivity index (χ4n) is 2.99. The minimum atomic E-state index is -0.854. The van der Waals surface area contributed by atoms with Gasteiger partial charge in [0.15, 0.2) is 0 Å². The smallest absolute Gasteiger partial charge is 0.306 e. The summed E-state index contributed by atoms with van der Waals surface area (Å²) in [4.78, 5) is 36.8. The second-order valence-electron chi connectivity index (χ2n) is 6.11. The molecule has 2 fully saturated rings. The normalized spacial score (nSPS) is 20.3. The second kappa shape index (κ2) is 8.45. The molecule has 0 aliphatic carbocycles. The first-order chi connectivity index (χ1) is 11.5. The monoisotopic (exact) mass is 334 g/mol. The molecule has 3 N–H and O–H groups in total. The van der Waals surface area contributed by atoms with Crippen LogP contribution in [0.2, 0.25) is 0 Å². The van der Waals surface area contributed by atoms with Gasteiger partial charge in [-0.05, 0) is 38.8 Å². The molecule has 130 valence electrons. The highest BCUT2D eigenvalue weighted by atomic mass is 16.4. The minimum Gasteiger partial charge on any atom is -0.481 e. The number of aliphatic carboxylic acids is 1. The van der Waals surface area contributed by atoms with E-state index in [9.17, 15) is 14.4 Å². The van der Waals surface area contributed by atoms with Gasteiger partial charge in [0.05, 0.1) is 5.92 Å². The van der Waals surface area contributed by atoms with Crippen LogP contribution in [0, 0.1) is 23.2 Å². The van der Waals surface area contributed by atoms with Crippen molar-refractivity contribution in [3.05, 3.63) is 11.8 Å². The first kappa shape index (κ1) is 17.9. The van der Waals surface area contributed by atoms with Crippen LogP contribution in [0.15, 0.2) is 11.8 Å². The summed E-state index contributed by atoms with van der Waals surface area (Å²) in [5, 5.41) is 23.9. The molecular weight excluding hydrogens is 312 g/mol. The topological polar surface area (TPSA) is 123 Å². The lowest BCUT2D eigenvalue weighted by Crippen LogP contribution is -2.41. The zero-order chi connectivity index (χ0) is 17.5. The summed E-state index contributed by atoms with van der Waals surface area (Å²) >= 11 is 0. The lowest BCUT2D eigenvalue weighted by Gasteiger charge is -2.29. The van der Waals surface area contributed by atoms with Crippen molar-refractivity contribution in [2.45, 2.75) is 25.7 Å². The fourth-order valence-corrected chi connectivity index (χ4v) is 2.99. The highest BCUT2D eigenvalue weighted by molar-refractivity contribution is 5.98. The lowest BCUT2D eigenvalue weighted by atomic mass is 9.96. The molecule has 2 saturated heterocycles. The summed E-state index contributed by atoms with van der Waals surface area (Å²) in [6, 6.07) is 1.82. The summed E-state index contributed by atoms with van der Waals surface area (Å²) < 4.78 is 0. The molecule has 2 aliphatic heterocycles. The number of hydrogen-bond acceptors (Lipinski definition) is 5. The molecule has 0 saturated carbocycles. The second-order valence-corrected chi connectivity index (χ2v) is 6.11. The van der Waals surface area contributed by atoms with Crippen molar-refractivity contribution in [2.24, 2.45) is 11.8 Å². The number of likely N-dealkylation sites (tertiary alicyclic amines) is 1. The average molecular weight is 334 g/mol. The molecule has 0 atom stereocenters. The van der Waals surface area contributed by atoms with Crippen molar-refractivity contribution < 1.29 is 19.5 Å². The van der Waals surface area contributed by atoms with E-state index in [1.165, 1.54) is 11.1 Å². The Hall–Kier alpha value is -2.40. The number of carboxylic acids is 1. The molecular formula is C16H22N4O4. The van der Waals surface area contributed by atoms with Crippen molar-refractivity contribution in [1.82, 2.24) is 15.5 Å². The number of carbonyl (C=O) groups is 3. The summed E-state index contributed by atoms with van der Waals surface area (Å²) in [6.07, 6.45) is 3.40. The first-order valence-electron chi connectivity index (χ1n) is 8.16. The summed E-state index contributed by atoms with van der Waals surface area (Å²) in [7, 11) is 0. The first-order valence-corrected chi connectivity index (χ1v) is 8.16. The Morgan fingerprint density at radius 3 is 2.29 bits per heavy atom. The molecule has 0 unspecified atom stereocenters. The third-order valence-corrected chi connectivity index (χ3v) is 4.55. The van der Waals surface area contributed by atoms with Gasteiger partial charge in [-0.3, -0.25) is 14.4 Å². The van der Waals surface area contributed by atoms with Gasteiger partial charge >= 0.3 is 5.97 Å². The van der Waals surface area contributed by atoms with Crippen LogP contribution >= 0.6 is 0 Å². The van der Waals surface area contributed by atoms with Gasteiger partial charge in [0.1, 0.15) is 11.6 Å². The molecule has 24 heavy (non-hydrogen) atoms. The third-order valence-electron chi connectivity index (χ3n) is 4.55. The molecule has 0 bridgehead atoms. The van der Waals surface area contributed by atoms with E-state index in [1.54, 1.807) is 0 Å². The van der Waals surface area contributed by atoms with Crippen molar-refractivity contribution in [3.8, 4) is 6.07 Å². The van der Waals surface area contributed by atoms with Crippen LogP contribution in [-0.2, 0) is 14.4 Å². The van der Waals surface area contributed by atoms with Gasteiger partial charge < -0.3 is 20.6 Å². The summed E-state index contributed by atoms with van der Waals surface area (Å²) in [5.74, 6) is -2.05. The number of rotatable bonds is 4. The van der Waals surface area contributed by atoms with Crippen LogP contribution in [-0.4, -0.2) is 54.0 Å². The minimum absolute atomic E-state index is 0.108. The van der Waals surface area contributed by atoms with Crippen LogP contribution in [0.3, 0.4) is 0 Å². The maximum Gasteiger partial charge on any atom is 0.306 e.